The predicted molar refractivity (Wildman–Crippen MR) is 81.0 cm³/mol. The fourth-order valence-corrected chi connectivity index (χ4v) is 2.69. The molecule has 0 radical (unpaired) electrons. The zero-order valence-corrected chi connectivity index (χ0v) is 12.8. The second-order valence-electron chi connectivity index (χ2n) is 5.87. The molecule has 0 saturated carbocycles. The Morgan fingerprint density at radius 2 is 2.38 bits per heavy atom. The molecule has 1 aliphatic rings. The minimum atomic E-state index is -0.161. The van der Waals surface area contributed by atoms with Gasteiger partial charge in [0.2, 0.25) is 5.91 Å². The summed E-state index contributed by atoms with van der Waals surface area (Å²) in [6.45, 7) is 6.77. The molecule has 1 atom stereocenters. The van der Waals surface area contributed by atoms with E-state index in [9.17, 15) is 9.59 Å². The maximum Gasteiger partial charge on any atom is 0.250 e. The Labute approximate surface area is 125 Å². The molecule has 116 valence electrons. The molecule has 6 nitrogen and oxygen atoms in total. The van der Waals surface area contributed by atoms with Crippen LogP contribution in [0.1, 0.15) is 32.4 Å². The van der Waals surface area contributed by atoms with Gasteiger partial charge in [0.15, 0.2) is 0 Å². The summed E-state index contributed by atoms with van der Waals surface area (Å²) in [5, 5.41) is 2.96. The van der Waals surface area contributed by atoms with Crippen molar-refractivity contribution >= 4 is 5.91 Å². The highest BCUT2D eigenvalue weighted by molar-refractivity contribution is 5.78. The van der Waals surface area contributed by atoms with Crippen molar-refractivity contribution in [3.8, 4) is 0 Å². The van der Waals surface area contributed by atoms with Crippen LogP contribution in [0.4, 0.5) is 0 Å². The SMILES string of the molecule is CC(C)N1CCCC(C(=O)NCCc2cc(=O)[nH]cn2)C1. The summed E-state index contributed by atoms with van der Waals surface area (Å²) in [7, 11) is 0. The summed E-state index contributed by atoms with van der Waals surface area (Å²) >= 11 is 0. The van der Waals surface area contributed by atoms with Gasteiger partial charge in [0, 0.05) is 37.3 Å². The molecule has 2 heterocycles. The Morgan fingerprint density at radius 1 is 1.57 bits per heavy atom. The van der Waals surface area contributed by atoms with Crippen LogP contribution in [0.15, 0.2) is 17.2 Å². The van der Waals surface area contributed by atoms with E-state index < -0.39 is 0 Å². The number of aromatic nitrogens is 2. The second kappa shape index (κ2) is 7.36. The minimum absolute atomic E-state index is 0.0771. The summed E-state index contributed by atoms with van der Waals surface area (Å²) in [5.41, 5.74) is 0.540. The molecule has 1 aliphatic heterocycles. The van der Waals surface area contributed by atoms with E-state index in [-0.39, 0.29) is 17.4 Å². The van der Waals surface area contributed by atoms with E-state index in [0.717, 1.165) is 25.9 Å². The number of H-pyrrole nitrogens is 1. The lowest BCUT2D eigenvalue weighted by Crippen LogP contribution is -2.45. The summed E-state index contributed by atoms with van der Waals surface area (Å²) in [6, 6.07) is 1.95. The molecule has 1 amide bonds. The summed E-state index contributed by atoms with van der Waals surface area (Å²) < 4.78 is 0. The smallest absolute Gasteiger partial charge is 0.250 e. The Bertz CT molecular complexity index is 526. The number of aromatic amines is 1. The van der Waals surface area contributed by atoms with Gasteiger partial charge in [-0.25, -0.2) is 4.98 Å². The molecular weight excluding hydrogens is 268 g/mol. The monoisotopic (exact) mass is 292 g/mol. The quantitative estimate of drug-likeness (QED) is 0.831. The number of carbonyl (C=O) groups excluding carboxylic acids is 1. The van der Waals surface area contributed by atoms with E-state index >= 15 is 0 Å². The van der Waals surface area contributed by atoms with Gasteiger partial charge >= 0.3 is 0 Å². The molecule has 6 heteroatoms. The largest absolute Gasteiger partial charge is 0.355 e. The third-order valence-corrected chi connectivity index (χ3v) is 3.97. The Hall–Kier alpha value is -1.69. The van der Waals surface area contributed by atoms with E-state index in [2.05, 4.69) is 34.0 Å². The molecule has 21 heavy (non-hydrogen) atoms. The van der Waals surface area contributed by atoms with Crippen LogP contribution in [0.25, 0.3) is 0 Å². The predicted octanol–water partition coefficient (Wildman–Crippen LogP) is 0.549. The number of likely N-dealkylation sites (tertiary alicyclic amines) is 1. The summed E-state index contributed by atoms with van der Waals surface area (Å²) in [5.74, 6) is 0.193. The van der Waals surface area contributed by atoms with Crippen molar-refractivity contribution in [1.29, 1.82) is 0 Å². The van der Waals surface area contributed by atoms with E-state index in [1.165, 1.54) is 12.4 Å². The van der Waals surface area contributed by atoms with E-state index in [1.807, 2.05) is 0 Å². The average molecular weight is 292 g/mol. The molecule has 1 saturated heterocycles. The van der Waals surface area contributed by atoms with Crippen LogP contribution >= 0.6 is 0 Å². The fourth-order valence-electron chi connectivity index (χ4n) is 2.69. The van der Waals surface area contributed by atoms with Crippen molar-refractivity contribution in [3.63, 3.8) is 0 Å². The van der Waals surface area contributed by atoms with E-state index in [1.54, 1.807) is 0 Å². The fraction of sp³-hybridized carbons (Fsp3) is 0.667. The first kappa shape index (κ1) is 15.7. The number of nitrogens with one attached hydrogen (secondary N) is 2. The van der Waals surface area contributed by atoms with Crippen LogP contribution in [0.2, 0.25) is 0 Å². The van der Waals surface area contributed by atoms with E-state index in [0.29, 0.717) is 24.7 Å². The molecule has 0 bridgehead atoms. The number of nitrogens with zero attached hydrogens (tertiary/aromatic N) is 2. The van der Waals surface area contributed by atoms with Crippen molar-refractivity contribution < 1.29 is 4.79 Å². The first-order valence-corrected chi connectivity index (χ1v) is 7.61. The van der Waals surface area contributed by atoms with Crippen molar-refractivity contribution in [2.24, 2.45) is 5.92 Å². The average Bonchev–Trinajstić information content (AvgIpc) is 2.47. The highest BCUT2D eigenvalue weighted by Gasteiger charge is 2.26. The van der Waals surface area contributed by atoms with Gasteiger partial charge in [0.25, 0.3) is 5.56 Å². The van der Waals surface area contributed by atoms with Crippen LogP contribution in [-0.2, 0) is 11.2 Å². The zero-order chi connectivity index (χ0) is 15.2. The highest BCUT2D eigenvalue weighted by atomic mass is 16.2. The number of carbonyl (C=O) groups is 1. The molecule has 0 spiro atoms. The van der Waals surface area contributed by atoms with Crippen LogP contribution in [0, 0.1) is 5.92 Å². The zero-order valence-electron chi connectivity index (χ0n) is 12.8. The third kappa shape index (κ3) is 4.67. The van der Waals surface area contributed by atoms with Crippen LogP contribution < -0.4 is 10.9 Å². The molecule has 0 aliphatic carbocycles. The molecule has 1 aromatic heterocycles. The number of amides is 1. The molecule has 0 aromatic carbocycles. The molecule has 2 N–H and O–H groups in total. The number of piperidine rings is 1. The van der Waals surface area contributed by atoms with Gasteiger partial charge in [-0.05, 0) is 33.2 Å². The lowest BCUT2D eigenvalue weighted by Gasteiger charge is -2.34. The topological polar surface area (TPSA) is 78.1 Å². The van der Waals surface area contributed by atoms with Crippen molar-refractivity contribution in [2.75, 3.05) is 19.6 Å². The molecular formula is C15H24N4O2. The lowest BCUT2D eigenvalue weighted by atomic mass is 9.96. The van der Waals surface area contributed by atoms with Gasteiger partial charge in [-0.1, -0.05) is 0 Å². The summed E-state index contributed by atoms with van der Waals surface area (Å²) in [6.07, 6.45) is 4.00. The second-order valence-corrected chi connectivity index (χ2v) is 5.87. The maximum absolute atomic E-state index is 12.2. The molecule has 1 fully saturated rings. The van der Waals surface area contributed by atoms with Crippen LogP contribution in [-0.4, -0.2) is 46.5 Å². The molecule has 1 unspecified atom stereocenters. The number of rotatable bonds is 5. The minimum Gasteiger partial charge on any atom is -0.355 e. The first-order chi connectivity index (χ1) is 10.1. The lowest BCUT2D eigenvalue weighted by molar-refractivity contribution is -0.126. The van der Waals surface area contributed by atoms with Crippen LogP contribution in [0.3, 0.4) is 0 Å². The Morgan fingerprint density at radius 3 is 3.10 bits per heavy atom. The first-order valence-electron chi connectivity index (χ1n) is 7.61. The van der Waals surface area contributed by atoms with Gasteiger partial charge in [-0.3, -0.25) is 9.59 Å². The summed E-state index contributed by atoms with van der Waals surface area (Å²) in [4.78, 5) is 32.2. The maximum atomic E-state index is 12.2. The van der Waals surface area contributed by atoms with E-state index in [4.69, 9.17) is 0 Å². The van der Waals surface area contributed by atoms with Gasteiger partial charge in [0.05, 0.1) is 12.2 Å². The molecule has 2 rings (SSSR count). The van der Waals surface area contributed by atoms with Gasteiger partial charge < -0.3 is 15.2 Å². The molecule has 1 aromatic rings. The van der Waals surface area contributed by atoms with Gasteiger partial charge in [0.1, 0.15) is 0 Å². The van der Waals surface area contributed by atoms with Gasteiger partial charge in [-0.15, -0.1) is 0 Å². The van der Waals surface area contributed by atoms with Crippen molar-refractivity contribution in [1.82, 2.24) is 20.2 Å². The number of hydrogen-bond acceptors (Lipinski definition) is 4. The van der Waals surface area contributed by atoms with Crippen molar-refractivity contribution in [3.05, 3.63) is 28.4 Å². The number of hydrogen-bond donors (Lipinski definition) is 2. The Balaban J connectivity index is 1.78. The van der Waals surface area contributed by atoms with Crippen molar-refractivity contribution in [2.45, 2.75) is 39.2 Å². The van der Waals surface area contributed by atoms with Crippen LogP contribution in [0.5, 0.6) is 0 Å². The standard InChI is InChI=1S/C15H24N4O2/c1-11(2)19-7-3-4-12(9-19)15(21)16-6-5-13-8-14(20)18-10-17-13/h8,10-12H,3-7,9H2,1-2H3,(H,16,21)(H,17,18,20). The Kier molecular flexibility index (Phi) is 5.50. The third-order valence-electron chi connectivity index (χ3n) is 3.97. The normalized spacial score (nSPS) is 19.7. The highest BCUT2D eigenvalue weighted by Crippen LogP contribution is 2.18. The van der Waals surface area contributed by atoms with Gasteiger partial charge in [-0.2, -0.15) is 0 Å².